The Hall–Kier alpha value is -3.22. The van der Waals surface area contributed by atoms with E-state index in [1.54, 1.807) is 30.5 Å². The Morgan fingerprint density at radius 2 is 1.98 bits per heavy atom. The third-order valence-electron chi connectivity index (χ3n) is 9.33. The van der Waals surface area contributed by atoms with Gasteiger partial charge in [-0.25, -0.2) is 19.4 Å². The van der Waals surface area contributed by atoms with Crippen LogP contribution in [0.2, 0.25) is 5.15 Å². The largest absolute Gasteiger partial charge is 0.477 e. The van der Waals surface area contributed by atoms with E-state index in [-0.39, 0.29) is 21.3 Å². The fourth-order valence-electron chi connectivity index (χ4n) is 6.56. The van der Waals surface area contributed by atoms with E-state index >= 15 is 0 Å². The average molecular weight is 642 g/mol. The van der Waals surface area contributed by atoms with Gasteiger partial charge >= 0.3 is 0 Å². The van der Waals surface area contributed by atoms with E-state index in [1.807, 2.05) is 0 Å². The number of carbonyl (C=O) groups is 1. The molecule has 0 bridgehead atoms. The molecule has 3 aromatic rings. The van der Waals surface area contributed by atoms with Gasteiger partial charge in [-0.05, 0) is 113 Å². The summed E-state index contributed by atoms with van der Waals surface area (Å²) in [5, 5.41) is 10.7. The number of halogens is 1. The molecular formula is C31H40ClN7O4S. The number of sulfonamides is 1. The monoisotopic (exact) mass is 641 g/mol. The second-order valence-corrected chi connectivity index (χ2v) is 15.0. The Labute approximate surface area is 263 Å². The molecule has 0 radical (unpaired) electrons. The van der Waals surface area contributed by atoms with Crippen molar-refractivity contribution in [2.75, 3.05) is 25.0 Å². The number of carbonyl (C=O) groups excluding carboxylic acids is 1. The third-order valence-corrected chi connectivity index (χ3v) is 10.9. The average Bonchev–Trinajstić information content (AvgIpc) is 3.57. The summed E-state index contributed by atoms with van der Waals surface area (Å²) in [7, 11) is -4.26. The van der Waals surface area contributed by atoms with Crippen LogP contribution in [0.15, 0.2) is 47.6 Å². The maximum atomic E-state index is 13.0. The van der Waals surface area contributed by atoms with Crippen LogP contribution in [-0.2, 0) is 10.0 Å². The lowest BCUT2D eigenvalue weighted by Crippen LogP contribution is -2.31. The van der Waals surface area contributed by atoms with Crippen molar-refractivity contribution in [1.82, 2.24) is 29.8 Å². The number of nitrogens with zero attached hydrogens (tertiary/aromatic N) is 4. The standard InChI is InChI=1S/C31H40ClN7O4S/c1-30(2)19-21(20-34-30)5-4-16-33-24-6-3-7-27(35-24)44(41,42)38-29(40)23-8-9-25(36-28(23)32)39-17-11-26(37-39)43-18-12-22-10-13-31(22)14-15-31/h3,6-9,11,17,21-22,34H,4-5,10,12-16,18-20H2,1-2H3,(H,33,35)(H,38,40)/t21-,22?/m0/s1. The minimum Gasteiger partial charge on any atom is -0.477 e. The summed E-state index contributed by atoms with van der Waals surface area (Å²) in [5.41, 5.74) is 0.719. The van der Waals surface area contributed by atoms with Gasteiger partial charge in [0.15, 0.2) is 10.8 Å². The SMILES string of the molecule is CC1(C)C[C@H](CCCNc2cccc(S(=O)(=O)NC(=O)c3ccc(-n4ccc(OCCC5CCC56CC6)n4)nc3Cl)n2)CN1. The lowest BCUT2D eigenvalue weighted by molar-refractivity contribution is 0.0981. The molecule has 13 heteroatoms. The van der Waals surface area contributed by atoms with Crippen LogP contribution in [-0.4, -0.2) is 59.3 Å². The van der Waals surface area contributed by atoms with Crippen LogP contribution in [0.1, 0.15) is 75.6 Å². The molecule has 2 saturated carbocycles. The molecule has 11 nitrogen and oxygen atoms in total. The van der Waals surface area contributed by atoms with E-state index in [0.29, 0.717) is 42.0 Å². The molecule has 2 aliphatic carbocycles. The van der Waals surface area contributed by atoms with E-state index in [9.17, 15) is 13.2 Å². The van der Waals surface area contributed by atoms with Gasteiger partial charge in [-0.3, -0.25) is 4.79 Å². The van der Waals surface area contributed by atoms with Crippen molar-refractivity contribution in [2.24, 2.45) is 17.3 Å². The van der Waals surface area contributed by atoms with Gasteiger partial charge in [-0.15, -0.1) is 5.10 Å². The molecule has 3 fully saturated rings. The van der Waals surface area contributed by atoms with E-state index in [0.717, 1.165) is 38.1 Å². The van der Waals surface area contributed by atoms with Crippen LogP contribution in [0, 0.1) is 17.3 Å². The van der Waals surface area contributed by atoms with Gasteiger partial charge in [0.25, 0.3) is 15.9 Å². The first-order valence-electron chi connectivity index (χ1n) is 15.4. The predicted molar refractivity (Wildman–Crippen MR) is 168 cm³/mol. The Bertz CT molecular complexity index is 1620. The number of pyridine rings is 2. The number of hydrogen-bond acceptors (Lipinski definition) is 9. The highest BCUT2D eigenvalue weighted by molar-refractivity contribution is 7.90. The number of ether oxygens (including phenoxy) is 1. The van der Waals surface area contributed by atoms with Crippen molar-refractivity contribution in [3.8, 4) is 11.7 Å². The highest BCUT2D eigenvalue weighted by atomic mass is 35.5. The molecule has 2 atom stereocenters. The molecule has 1 unspecified atom stereocenters. The second-order valence-electron chi connectivity index (χ2n) is 13.0. The van der Waals surface area contributed by atoms with Crippen molar-refractivity contribution in [3.63, 3.8) is 0 Å². The van der Waals surface area contributed by atoms with Gasteiger partial charge in [-0.2, -0.15) is 8.42 Å². The minimum atomic E-state index is -4.26. The molecule has 1 aliphatic heterocycles. The summed E-state index contributed by atoms with van der Waals surface area (Å²) in [6.45, 7) is 6.73. The van der Waals surface area contributed by atoms with Gasteiger partial charge in [0.2, 0.25) is 5.88 Å². The molecule has 44 heavy (non-hydrogen) atoms. The van der Waals surface area contributed by atoms with Gasteiger partial charge in [0.1, 0.15) is 11.0 Å². The fraction of sp³-hybridized carbons (Fsp3) is 0.548. The number of aromatic nitrogens is 4. The molecule has 3 aromatic heterocycles. The molecule has 3 N–H and O–H groups in total. The van der Waals surface area contributed by atoms with Crippen molar-refractivity contribution in [1.29, 1.82) is 0 Å². The zero-order chi connectivity index (χ0) is 31.0. The third kappa shape index (κ3) is 7.02. The maximum absolute atomic E-state index is 13.0. The van der Waals surface area contributed by atoms with Crippen molar-refractivity contribution in [3.05, 3.63) is 53.3 Å². The van der Waals surface area contributed by atoms with Crippen LogP contribution < -0.4 is 20.1 Å². The summed E-state index contributed by atoms with van der Waals surface area (Å²) >= 11 is 6.32. The van der Waals surface area contributed by atoms with Crippen LogP contribution >= 0.6 is 11.6 Å². The summed E-state index contributed by atoms with van der Waals surface area (Å²) in [6.07, 6.45) is 11.3. The summed E-state index contributed by atoms with van der Waals surface area (Å²) in [4.78, 5) is 21.4. The van der Waals surface area contributed by atoms with Crippen LogP contribution in [0.4, 0.5) is 5.82 Å². The summed E-state index contributed by atoms with van der Waals surface area (Å²) in [5.74, 6) is 1.77. The number of anilines is 1. The van der Waals surface area contributed by atoms with Crippen LogP contribution in [0.5, 0.6) is 5.88 Å². The van der Waals surface area contributed by atoms with Gasteiger partial charge in [0.05, 0.1) is 12.2 Å². The number of nitrogens with one attached hydrogen (secondary N) is 3. The quantitative estimate of drug-likeness (QED) is 0.174. The molecule has 6 rings (SSSR count). The highest BCUT2D eigenvalue weighted by Gasteiger charge is 2.54. The summed E-state index contributed by atoms with van der Waals surface area (Å²) in [6, 6.07) is 9.32. The van der Waals surface area contributed by atoms with Crippen LogP contribution in [0.3, 0.4) is 0 Å². The molecule has 1 amide bonds. The lowest BCUT2D eigenvalue weighted by atomic mass is 9.69. The Kier molecular flexibility index (Phi) is 8.60. The molecule has 1 spiro atoms. The maximum Gasteiger partial charge on any atom is 0.281 e. The lowest BCUT2D eigenvalue weighted by Gasteiger charge is -2.37. The predicted octanol–water partition coefficient (Wildman–Crippen LogP) is 4.97. The van der Waals surface area contributed by atoms with E-state index in [4.69, 9.17) is 16.3 Å². The van der Waals surface area contributed by atoms with Gasteiger partial charge < -0.3 is 15.4 Å². The number of rotatable bonds is 13. The topological polar surface area (TPSA) is 140 Å². The Balaban J connectivity index is 1.01. The first kappa shape index (κ1) is 30.8. The number of hydrogen-bond donors (Lipinski definition) is 3. The first-order valence-corrected chi connectivity index (χ1v) is 17.3. The molecule has 4 heterocycles. The zero-order valence-electron chi connectivity index (χ0n) is 25.2. The fourth-order valence-corrected chi connectivity index (χ4v) is 7.73. The molecule has 3 aliphatic rings. The Morgan fingerprint density at radius 3 is 2.68 bits per heavy atom. The van der Waals surface area contributed by atoms with E-state index in [2.05, 4.69) is 44.3 Å². The van der Waals surface area contributed by atoms with Crippen molar-refractivity contribution < 1.29 is 17.9 Å². The van der Waals surface area contributed by atoms with Crippen molar-refractivity contribution >= 4 is 33.3 Å². The zero-order valence-corrected chi connectivity index (χ0v) is 26.8. The second kappa shape index (κ2) is 12.3. The van der Waals surface area contributed by atoms with E-state index < -0.39 is 15.9 Å². The molecule has 1 saturated heterocycles. The molecular weight excluding hydrogens is 602 g/mol. The van der Waals surface area contributed by atoms with Crippen molar-refractivity contribution in [2.45, 2.75) is 75.8 Å². The normalized spacial score (nSPS) is 21.5. The summed E-state index contributed by atoms with van der Waals surface area (Å²) < 4.78 is 35.4. The Morgan fingerprint density at radius 1 is 1.14 bits per heavy atom. The van der Waals surface area contributed by atoms with Gasteiger partial charge in [-0.1, -0.05) is 17.7 Å². The molecule has 0 aromatic carbocycles. The smallest absolute Gasteiger partial charge is 0.281 e. The minimum absolute atomic E-state index is 0.0871. The van der Waals surface area contributed by atoms with Crippen LogP contribution in [0.25, 0.3) is 5.82 Å². The van der Waals surface area contributed by atoms with Gasteiger partial charge in [0, 0.05) is 24.3 Å². The van der Waals surface area contributed by atoms with E-state index in [1.165, 1.54) is 42.5 Å². The number of amides is 1. The first-order chi connectivity index (χ1) is 21.0. The molecule has 236 valence electrons. The highest BCUT2D eigenvalue weighted by Crippen LogP contribution is 2.65.